The van der Waals surface area contributed by atoms with Crippen LogP contribution in [0.1, 0.15) is 31.9 Å². The monoisotopic (exact) mass is 316 g/mol. The molecule has 1 aliphatic heterocycles. The molecule has 2 atom stereocenters. The van der Waals surface area contributed by atoms with Gasteiger partial charge in [-0.3, -0.25) is 4.90 Å². The van der Waals surface area contributed by atoms with Crippen molar-refractivity contribution >= 4 is 10.0 Å². The molecule has 7 heteroatoms. The molecule has 1 aliphatic rings. The molecule has 2 rings (SSSR count). The van der Waals surface area contributed by atoms with E-state index in [4.69, 9.17) is 4.42 Å². The molecule has 0 bridgehead atoms. The molecule has 0 amide bonds. The summed E-state index contributed by atoms with van der Waals surface area (Å²) in [4.78, 5) is 2.19. The Kier molecular flexibility index (Phi) is 5.08. The molecular formula is C14H24N2O4S. The highest BCUT2D eigenvalue weighted by Gasteiger charge is 2.29. The van der Waals surface area contributed by atoms with E-state index in [0.717, 1.165) is 23.6 Å². The number of hydrogen-bond donors (Lipinski definition) is 1. The number of rotatable bonds is 5. The average Bonchev–Trinajstić information content (AvgIpc) is 2.90. The van der Waals surface area contributed by atoms with Gasteiger partial charge >= 0.3 is 0 Å². The van der Waals surface area contributed by atoms with Crippen LogP contribution in [-0.4, -0.2) is 55.5 Å². The second kappa shape index (κ2) is 6.48. The number of sulfonamides is 1. The molecule has 2 heterocycles. The zero-order chi connectivity index (χ0) is 15.6. The minimum atomic E-state index is -3.53. The lowest BCUT2D eigenvalue weighted by Gasteiger charge is -2.39. The molecule has 1 aromatic rings. The summed E-state index contributed by atoms with van der Waals surface area (Å²) >= 11 is 0. The van der Waals surface area contributed by atoms with E-state index in [1.54, 1.807) is 6.07 Å². The van der Waals surface area contributed by atoms with Crippen LogP contribution in [-0.2, 0) is 16.6 Å². The molecule has 0 aromatic carbocycles. The van der Waals surface area contributed by atoms with Gasteiger partial charge in [0.25, 0.3) is 10.0 Å². The van der Waals surface area contributed by atoms with Crippen LogP contribution < -0.4 is 0 Å². The molecular weight excluding hydrogens is 292 g/mol. The lowest BCUT2D eigenvalue weighted by Crippen LogP contribution is -2.46. The van der Waals surface area contributed by atoms with Crippen LogP contribution in [0.3, 0.4) is 0 Å². The van der Waals surface area contributed by atoms with Gasteiger partial charge in [0.1, 0.15) is 5.76 Å². The third-order valence-electron chi connectivity index (χ3n) is 4.12. The Morgan fingerprint density at radius 2 is 2.10 bits per heavy atom. The molecule has 1 N–H and O–H groups in total. The Labute approximate surface area is 126 Å². The van der Waals surface area contributed by atoms with Crippen molar-refractivity contribution in [1.82, 2.24) is 9.21 Å². The number of furan rings is 1. The maximum absolute atomic E-state index is 12.0. The lowest BCUT2D eigenvalue weighted by atomic mass is 9.97. The molecule has 1 aromatic heterocycles. The lowest BCUT2D eigenvalue weighted by molar-refractivity contribution is 0.0389. The second-order valence-corrected chi connectivity index (χ2v) is 7.88. The molecule has 0 radical (unpaired) electrons. The third kappa shape index (κ3) is 3.48. The van der Waals surface area contributed by atoms with Gasteiger partial charge in [-0.05, 0) is 31.9 Å². The van der Waals surface area contributed by atoms with E-state index in [9.17, 15) is 13.5 Å². The van der Waals surface area contributed by atoms with Crippen molar-refractivity contribution in [2.24, 2.45) is 0 Å². The van der Waals surface area contributed by atoms with Crippen molar-refractivity contribution in [3.8, 4) is 0 Å². The Morgan fingerprint density at radius 3 is 2.71 bits per heavy atom. The number of piperidine rings is 1. The first-order valence-electron chi connectivity index (χ1n) is 7.24. The normalized spacial score (nSPS) is 24.6. The van der Waals surface area contributed by atoms with Crippen molar-refractivity contribution < 1.29 is 17.9 Å². The fourth-order valence-corrected chi connectivity index (χ4v) is 3.58. The highest BCUT2D eigenvalue weighted by Crippen LogP contribution is 2.26. The number of aliphatic hydroxyl groups excluding tert-OH is 1. The molecule has 1 fully saturated rings. The van der Waals surface area contributed by atoms with Crippen LogP contribution in [0.25, 0.3) is 0 Å². The summed E-state index contributed by atoms with van der Waals surface area (Å²) in [6.45, 7) is 2.77. The topological polar surface area (TPSA) is 74.0 Å². The van der Waals surface area contributed by atoms with Gasteiger partial charge in [0, 0.05) is 26.2 Å². The molecule has 0 spiro atoms. The minimum Gasteiger partial charge on any atom is -0.447 e. The molecule has 120 valence electrons. The summed E-state index contributed by atoms with van der Waals surface area (Å²) in [5.74, 6) is 0.614. The maximum atomic E-state index is 12.0. The first-order valence-corrected chi connectivity index (χ1v) is 8.68. The van der Waals surface area contributed by atoms with Crippen molar-refractivity contribution in [2.45, 2.75) is 49.9 Å². The van der Waals surface area contributed by atoms with Gasteiger partial charge in [-0.15, -0.1) is 0 Å². The van der Waals surface area contributed by atoms with E-state index in [0.29, 0.717) is 18.3 Å². The van der Waals surface area contributed by atoms with Gasteiger partial charge in [-0.1, -0.05) is 6.42 Å². The number of likely N-dealkylation sites (tertiary alicyclic amines) is 1. The molecule has 0 saturated carbocycles. The van der Waals surface area contributed by atoms with Crippen LogP contribution in [0.15, 0.2) is 21.6 Å². The van der Waals surface area contributed by atoms with E-state index >= 15 is 0 Å². The fourth-order valence-electron chi connectivity index (χ4n) is 2.76. The smallest absolute Gasteiger partial charge is 0.275 e. The van der Waals surface area contributed by atoms with E-state index in [1.165, 1.54) is 20.2 Å². The molecule has 1 saturated heterocycles. The van der Waals surface area contributed by atoms with Crippen LogP contribution in [0.2, 0.25) is 0 Å². The van der Waals surface area contributed by atoms with E-state index in [2.05, 4.69) is 11.8 Å². The van der Waals surface area contributed by atoms with Crippen LogP contribution >= 0.6 is 0 Å². The quantitative estimate of drug-likeness (QED) is 0.885. The van der Waals surface area contributed by atoms with Gasteiger partial charge in [-0.25, -0.2) is 12.7 Å². The zero-order valence-corrected chi connectivity index (χ0v) is 13.6. The van der Waals surface area contributed by atoms with Crippen molar-refractivity contribution in [1.29, 1.82) is 0 Å². The van der Waals surface area contributed by atoms with Crippen LogP contribution in [0.5, 0.6) is 0 Å². The van der Waals surface area contributed by atoms with E-state index in [1.807, 2.05) is 0 Å². The average molecular weight is 316 g/mol. The summed E-state index contributed by atoms with van der Waals surface area (Å²) in [7, 11) is -0.574. The standard InChI is InChI=1S/C14H24N2O4S/c1-11-5-4-6-12(10-17)16(11)9-13-7-8-14(20-13)21(18,19)15(2)3/h7-8,11-12,17H,4-6,9-10H2,1-3H3. The Morgan fingerprint density at radius 1 is 1.38 bits per heavy atom. The largest absolute Gasteiger partial charge is 0.447 e. The highest BCUT2D eigenvalue weighted by atomic mass is 32.2. The first kappa shape index (κ1) is 16.5. The summed E-state index contributed by atoms with van der Waals surface area (Å²) in [5.41, 5.74) is 0. The molecule has 21 heavy (non-hydrogen) atoms. The van der Waals surface area contributed by atoms with Crippen molar-refractivity contribution in [3.05, 3.63) is 17.9 Å². The Balaban J connectivity index is 2.15. The van der Waals surface area contributed by atoms with E-state index in [-0.39, 0.29) is 17.7 Å². The minimum absolute atomic E-state index is 0.0345. The van der Waals surface area contributed by atoms with Gasteiger partial charge in [0.2, 0.25) is 5.09 Å². The molecule has 0 aliphatic carbocycles. The van der Waals surface area contributed by atoms with Crippen LogP contribution in [0, 0.1) is 0 Å². The summed E-state index contributed by atoms with van der Waals surface area (Å²) in [6, 6.07) is 3.67. The molecule has 6 nitrogen and oxygen atoms in total. The number of aliphatic hydroxyl groups is 1. The maximum Gasteiger partial charge on any atom is 0.275 e. The van der Waals surface area contributed by atoms with Gasteiger partial charge < -0.3 is 9.52 Å². The first-order chi connectivity index (χ1) is 9.86. The summed E-state index contributed by atoms with van der Waals surface area (Å²) in [6.07, 6.45) is 3.16. The number of hydrogen-bond acceptors (Lipinski definition) is 5. The third-order valence-corrected chi connectivity index (χ3v) is 5.80. The number of nitrogens with zero attached hydrogens (tertiary/aromatic N) is 2. The Bertz CT molecular complexity index is 567. The predicted octanol–water partition coefficient (Wildman–Crippen LogP) is 1.27. The highest BCUT2D eigenvalue weighted by molar-refractivity contribution is 7.88. The fraction of sp³-hybridized carbons (Fsp3) is 0.714. The zero-order valence-electron chi connectivity index (χ0n) is 12.8. The van der Waals surface area contributed by atoms with Gasteiger partial charge in [-0.2, -0.15) is 0 Å². The summed E-state index contributed by atoms with van der Waals surface area (Å²) < 4.78 is 30.6. The van der Waals surface area contributed by atoms with Gasteiger partial charge in [0.15, 0.2) is 0 Å². The van der Waals surface area contributed by atoms with E-state index < -0.39 is 10.0 Å². The predicted molar refractivity (Wildman–Crippen MR) is 79.3 cm³/mol. The van der Waals surface area contributed by atoms with Gasteiger partial charge in [0.05, 0.1) is 13.2 Å². The summed E-state index contributed by atoms with van der Waals surface area (Å²) in [5, 5.41) is 9.46. The SMILES string of the molecule is CC1CCCC(CO)N1Cc1ccc(S(=O)(=O)N(C)C)o1. The second-order valence-electron chi connectivity index (χ2n) is 5.80. The van der Waals surface area contributed by atoms with Crippen LogP contribution in [0.4, 0.5) is 0 Å². The van der Waals surface area contributed by atoms with Crippen molar-refractivity contribution in [2.75, 3.05) is 20.7 Å². The molecule has 2 unspecified atom stereocenters. The Hall–Kier alpha value is -0.890. The van der Waals surface area contributed by atoms with Crippen molar-refractivity contribution in [3.63, 3.8) is 0 Å².